The molecule has 1 aromatic rings. The van der Waals surface area contributed by atoms with Crippen LogP contribution in [0.5, 0.6) is 0 Å². The molecule has 142 valence electrons. The highest BCUT2D eigenvalue weighted by molar-refractivity contribution is 5.78. The minimum absolute atomic E-state index is 0.0917. The van der Waals surface area contributed by atoms with Gasteiger partial charge in [-0.3, -0.25) is 4.79 Å². The molecule has 1 N–H and O–H groups in total. The molecule has 4 nitrogen and oxygen atoms in total. The Morgan fingerprint density at radius 1 is 1.42 bits per heavy atom. The molecular weight excluding hydrogens is 343 g/mol. The van der Waals surface area contributed by atoms with Crippen LogP contribution in [0.4, 0.5) is 19.0 Å². The molecule has 0 aromatic carbocycles. The number of likely N-dealkylation sites (tertiary alicyclic amines) is 1. The van der Waals surface area contributed by atoms with Crippen molar-refractivity contribution in [3.8, 4) is 0 Å². The molecule has 1 unspecified atom stereocenters. The van der Waals surface area contributed by atoms with Gasteiger partial charge in [0, 0.05) is 43.2 Å². The van der Waals surface area contributed by atoms with E-state index in [2.05, 4.69) is 10.3 Å². The largest absolute Gasteiger partial charge is 0.416 e. The normalized spacial score (nSPS) is 30.5. The number of nitrogens with one attached hydrogen (secondary N) is 1. The van der Waals surface area contributed by atoms with E-state index in [1.807, 2.05) is 18.7 Å². The summed E-state index contributed by atoms with van der Waals surface area (Å²) in [5, 5.41) is 3.09. The van der Waals surface area contributed by atoms with Crippen LogP contribution in [0, 0.1) is 17.3 Å². The van der Waals surface area contributed by atoms with E-state index in [9.17, 15) is 18.0 Å². The smallest absolute Gasteiger partial charge is 0.369 e. The van der Waals surface area contributed by atoms with Crippen molar-refractivity contribution in [2.45, 2.75) is 45.2 Å². The van der Waals surface area contributed by atoms with Crippen LogP contribution in [0.25, 0.3) is 0 Å². The number of fused-ring (bicyclic) bond motifs is 3. The summed E-state index contributed by atoms with van der Waals surface area (Å²) in [4.78, 5) is 18.6. The molecule has 2 bridgehead atoms. The maximum Gasteiger partial charge on any atom is 0.416 e. The Morgan fingerprint density at radius 2 is 2.19 bits per heavy atom. The number of nitrogens with zero attached hydrogens (tertiary/aromatic N) is 2. The second-order valence-electron chi connectivity index (χ2n) is 8.40. The number of rotatable bonds is 2. The lowest BCUT2D eigenvalue weighted by Crippen LogP contribution is -2.49. The van der Waals surface area contributed by atoms with Gasteiger partial charge in [-0.25, -0.2) is 4.98 Å². The SMILES string of the molecule is CC(C)C(=O)N1C[C@@H]2CC[C@@](C3CNc4nccc(C(F)(F)F)c43)(C2)C1. The average molecular weight is 367 g/mol. The zero-order chi connectivity index (χ0) is 18.7. The molecule has 7 heteroatoms. The molecule has 2 aliphatic heterocycles. The highest BCUT2D eigenvalue weighted by Gasteiger charge is 2.54. The van der Waals surface area contributed by atoms with Gasteiger partial charge in [0.25, 0.3) is 0 Å². The van der Waals surface area contributed by atoms with E-state index >= 15 is 0 Å². The van der Waals surface area contributed by atoms with Crippen LogP contribution < -0.4 is 5.32 Å². The van der Waals surface area contributed by atoms with Gasteiger partial charge in [0.1, 0.15) is 5.82 Å². The maximum atomic E-state index is 13.6. The Hall–Kier alpha value is -1.79. The number of pyridine rings is 1. The number of piperidine rings is 1. The van der Waals surface area contributed by atoms with Gasteiger partial charge in [0.05, 0.1) is 5.56 Å². The van der Waals surface area contributed by atoms with Crippen molar-refractivity contribution in [2.75, 3.05) is 25.0 Å². The summed E-state index contributed by atoms with van der Waals surface area (Å²) in [7, 11) is 0. The summed E-state index contributed by atoms with van der Waals surface area (Å²) < 4.78 is 40.8. The van der Waals surface area contributed by atoms with Crippen LogP contribution in [0.2, 0.25) is 0 Å². The summed E-state index contributed by atoms with van der Waals surface area (Å²) in [5.41, 5.74) is -0.559. The fourth-order valence-corrected chi connectivity index (χ4v) is 5.32. The van der Waals surface area contributed by atoms with Crippen molar-refractivity contribution in [2.24, 2.45) is 17.3 Å². The van der Waals surface area contributed by atoms with E-state index in [1.165, 1.54) is 6.20 Å². The molecule has 1 saturated carbocycles. The van der Waals surface area contributed by atoms with Gasteiger partial charge >= 0.3 is 6.18 Å². The van der Waals surface area contributed by atoms with Gasteiger partial charge < -0.3 is 10.2 Å². The first-order chi connectivity index (χ1) is 12.2. The maximum absolute atomic E-state index is 13.6. The topological polar surface area (TPSA) is 45.2 Å². The molecule has 3 aliphatic rings. The third kappa shape index (κ3) is 2.67. The fourth-order valence-electron chi connectivity index (χ4n) is 5.32. The predicted octanol–water partition coefficient (Wildman–Crippen LogP) is 3.89. The zero-order valence-electron chi connectivity index (χ0n) is 15.1. The van der Waals surface area contributed by atoms with Crippen LogP contribution in [-0.2, 0) is 11.0 Å². The molecule has 3 atom stereocenters. The van der Waals surface area contributed by atoms with Crippen molar-refractivity contribution >= 4 is 11.7 Å². The third-order valence-corrected chi connectivity index (χ3v) is 6.39. The van der Waals surface area contributed by atoms with E-state index in [-0.39, 0.29) is 23.2 Å². The molecule has 1 aliphatic carbocycles. The van der Waals surface area contributed by atoms with Crippen molar-refractivity contribution in [3.63, 3.8) is 0 Å². The minimum atomic E-state index is -4.39. The number of hydrogen-bond donors (Lipinski definition) is 1. The van der Waals surface area contributed by atoms with Gasteiger partial charge in [-0.05, 0) is 36.7 Å². The van der Waals surface area contributed by atoms with Crippen LogP contribution in [0.3, 0.4) is 0 Å². The van der Waals surface area contributed by atoms with Crippen LogP contribution in [-0.4, -0.2) is 35.4 Å². The van der Waals surface area contributed by atoms with Gasteiger partial charge in [0.15, 0.2) is 0 Å². The highest BCUT2D eigenvalue weighted by atomic mass is 19.4. The molecule has 0 spiro atoms. The molecule has 26 heavy (non-hydrogen) atoms. The van der Waals surface area contributed by atoms with Crippen LogP contribution in [0.1, 0.15) is 50.2 Å². The first-order valence-corrected chi connectivity index (χ1v) is 9.30. The van der Waals surface area contributed by atoms with E-state index in [0.717, 1.165) is 31.9 Å². The first-order valence-electron chi connectivity index (χ1n) is 9.30. The van der Waals surface area contributed by atoms with E-state index < -0.39 is 11.7 Å². The van der Waals surface area contributed by atoms with Crippen molar-refractivity contribution in [1.82, 2.24) is 9.88 Å². The number of carbonyl (C=O) groups is 1. The molecular formula is C19H24F3N3O. The predicted molar refractivity (Wildman–Crippen MR) is 91.7 cm³/mol. The fraction of sp³-hybridized carbons (Fsp3) is 0.684. The monoisotopic (exact) mass is 367 g/mol. The van der Waals surface area contributed by atoms with Gasteiger partial charge in [0.2, 0.25) is 5.91 Å². The lowest BCUT2D eigenvalue weighted by Gasteiger charge is -2.44. The molecule has 1 aromatic heterocycles. The van der Waals surface area contributed by atoms with Gasteiger partial charge in [-0.1, -0.05) is 13.8 Å². The number of alkyl halides is 3. The Balaban J connectivity index is 1.73. The van der Waals surface area contributed by atoms with Gasteiger partial charge in [-0.2, -0.15) is 13.2 Å². The summed E-state index contributed by atoms with van der Waals surface area (Å²) in [6, 6.07) is 1.09. The Kier molecular flexibility index (Phi) is 3.97. The van der Waals surface area contributed by atoms with E-state index in [1.54, 1.807) is 0 Å². The number of amides is 1. The molecule has 1 amide bonds. The summed E-state index contributed by atoms with van der Waals surface area (Å²) in [6.45, 7) is 5.52. The van der Waals surface area contributed by atoms with E-state index in [0.29, 0.717) is 30.4 Å². The summed E-state index contributed by atoms with van der Waals surface area (Å²) >= 11 is 0. The second kappa shape index (κ2) is 5.86. The quantitative estimate of drug-likeness (QED) is 0.862. The van der Waals surface area contributed by atoms with Crippen molar-refractivity contribution < 1.29 is 18.0 Å². The lowest BCUT2D eigenvalue weighted by atomic mass is 9.68. The number of hydrogen-bond acceptors (Lipinski definition) is 3. The second-order valence-corrected chi connectivity index (χ2v) is 8.40. The highest BCUT2D eigenvalue weighted by Crippen LogP contribution is 2.58. The number of aromatic nitrogens is 1. The van der Waals surface area contributed by atoms with Crippen molar-refractivity contribution in [1.29, 1.82) is 0 Å². The van der Waals surface area contributed by atoms with Gasteiger partial charge in [-0.15, -0.1) is 0 Å². The molecule has 1 saturated heterocycles. The molecule has 0 radical (unpaired) electrons. The third-order valence-electron chi connectivity index (χ3n) is 6.39. The summed E-state index contributed by atoms with van der Waals surface area (Å²) in [5.74, 6) is 0.507. The van der Waals surface area contributed by atoms with Crippen LogP contribution >= 0.6 is 0 Å². The average Bonchev–Trinajstić information content (AvgIpc) is 3.14. The summed E-state index contributed by atoms with van der Waals surface area (Å²) in [6.07, 6.45) is -0.421. The molecule has 2 fully saturated rings. The molecule has 4 rings (SSSR count). The van der Waals surface area contributed by atoms with Crippen molar-refractivity contribution in [3.05, 3.63) is 23.4 Å². The number of anilines is 1. The molecule has 3 heterocycles. The van der Waals surface area contributed by atoms with E-state index in [4.69, 9.17) is 0 Å². The lowest BCUT2D eigenvalue weighted by molar-refractivity contribution is -0.140. The zero-order valence-corrected chi connectivity index (χ0v) is 15.1. The number of carbonyl (C=O) groups excluding carboxylic acids is 1. The number of halogens is 3. The minimum Gasteiger partial charge on any atom is -0.369 e. The van der Waals surface area contributed by atoms with Crippen LogP contribution in [0.15, 0.2) is 12.3 Å². The Morgan fingerprint density at radius 3 is 2.88 bits per heavy atom. The Labute approximate surface area is 151 Å². The standard InChI is InChI=1S/C19H24F3N3O/c1-11(2)17(26)25-9-12-3-5-18(7-12,10-25)14-8-24-16-15(14)13(4-6-23-16)19(20,21)22/h4,6,11-12,14H,3,5,7-10H2,1-2H3,(H,23,24)/t12-,14?,18-/m1/s1. The first kappa shape index (κ1) is 17.6. The Bertz CT molecular complexity index is 733.